The van der Waals surface area contributed by atoms with Gasteiger partial charge in [0.05, 0.1) is 0 Å². The molecule has 58 heavy (non-hydrogen) atoms. The number of carbonyl (C=O) groups is 4. The third kappa shape index (κ3) is 7.60. The van der Waals surface area contributed by atoms with E-state index in [4.69, 9.17) is 0 Å². The van der Waals surface area contributed by atoms with E-state index in [2.05, 4.69) is 86.0 Å². The molecule has 1 aliphatic carbocycles. The van der Waals surface area contributed by atoms with Gasteiger partial charge in [0.1, 0.15) is 11.8 Å². The molecule has 0 aromatic heterocycles. The molecule has 4 aromatic rings. The van der Waals surface area contributed by atoms with Crippen LogP contribution in [0.15, 0.2) is 91.0 Å². The van der Waals surface area contributed by atoms with E-state index in [0.717, 1.165) is 56.8 Å². The summed E-state index contributed by atoms with van der Waals surface area (Å²) in [5, 5.41) is 15.7. The summed E-state index contributed by atoms with van der Waals surface area (Å²) in [5.74, 6) is 0.0710. The van der Waals surface area contributed by atoms with Crippen LogP contribution in [-0.2, 0) is 22.6 Å². The Morgan fingerprint density at radius 3 is 2.21 bits per heavy atom. The molecule has 0 radical (unpaired) electrons. The maximum atomic E-state index is 13.1. The molecule has 300 valence electrons. The lowest BCUT2D eigenvalue weighted by atomic mass is 9.69. The molecule has 3 N–H and O–H groups in total. The van der Waals surface area contributed by atoms with E-state index in [1.54, 1.807) is 4.90 Å². The highest BCUT2D eigenvalue weighted by Gasteiger charge is 2.39. The highest BCUT2D eigenvalue weighted by atomic mass is 16.3. The summed E-state index contributed by atoms with van der Waals surface area (Å²) in [5.41, 5.74) is 8.94. The third-order valence-corrected chi connectivity index (χ3v) is 12.9. The highest BCUT2D eigenvalue weighted by Crippen LogP contribution is 2.47. The number of nitrogens with zero attached hydrogens (tertiary/aromatic N) is 5. The molecule has 0 spiro atoms. The highest BCUT2D eigenvalue weighted by molar-refractivity contribution is 6.05. The first-order chi connectivity index (χ1) is 28.3. The second-order valence-corrected chi connectivity index (χ2v) is 16.3. The Balaban J connectivity index is 0.728. The zero-order valence-electron chi connectivity index (χ0n) is 32.8. The lowest BCUT2D eigenvalue weighted by Crippen LogP contribution is -2.53. The number of aromatic hydroxyl groups is 1. The van der Waals surface area contributed by atoms with E-state index in [0.29, 0.717) is 62.9 Å². The van der Waals surface area contributed by atoms with Crippen LogP contribution in [0.3, 0.4) is 0 Å². The minimum Gasteiger partial charge on any atom is -0.508 e. The van der Waals surface area contributed by atoms with Crippen molar-refractivity contribution in [3.63, 3.8) is 0 Å². The summed E-state index contributed by atoms with van der Waals surface area (Å²) in [6.45, 7) is 8.05. The normalized spacial score (nSPS) is 22.4. The molecular weight excluding hydrogens is 731 g/mol. The van der Waals surface area contributed by atoms with Crippen molar-refractivity contribution in [3.8, 4) is 5.75 Å². The summed E-state index contributed by atoms with van der Waals surface area (Å²) in [7, 11) is 0. The van der Waals surface area contributed by atoms with Gasteiger partial charge in [-0.1, -0.05) is 48.5 Å². The summed E-state index contributed by atoms with van der Waals surface area (Å²) in [6, 6.07) is 31.0. The number of hydrogen-bond acceptors (Lipinski definition) is 8. The molecule has 4 aromatic carbocycles. The van der Waals surface area contributed by atoms with Gasteiger partial charge in [-0.15, -0.1) is 0 Å². The minimum atomic E-state index is -0.629. The predicted molar refractivity (Wildman–Crippen MR) is 222 cm³/mol. The molecule has 12 nitrogen and oxygen atoms in total. The summed E-state index contributed by atoms with van der Waals surface area (Å²) >= 11 is 0. The number of rotatable bonds is 8. The first-order valence-electron chi connectivity index (χ1n) is 20.8. The van der Waals surface area contributed by atoms with E-state index in [9.17, 15) is 24.3 Å². The molecule has 0 bridgehead atoms. The minimum absolute atomic E-state index is 0.0373. The number of phenolic OH excluding ortho intramolecular Hbond substituents is 1. The number of aryl methyl sites for hydroxylation is 1. The lowest BCUT2D eigenvalue weighted by Gasteiger charge is -2.38. The number of phenols is 1. The smallest absolute Gasteiger partial charge is 0.317 e. The van der Waals surface area contributed by atoms with E-state index in [1.807, 2.05) is 35.2 Å². The molecule has 1 unspecified atom stereocenters. The number of carbonyl (C=O) groups excluding carboxylic acids is 4. The Morgan fingerprint density at radius 2 is 1.45 bits per heavy atom. The van der Waals surface area contributed by atoms with Crippen molar-refractivity contribution in [1.82, 2.24) is 25.3 Å². The van der Waals surface area contributed by atoms with E-state index in [-0.39, 0.29) is 30.2 Å². The quantitative estimate of drug-likeness (QED) is 0.220. The number of anilines is 2. The molecule has 4 heterocycles. The molecule has 4 aliphatic heterocycles. The van der Waals surface area contributed by atoms with E-state index in [1.165, 1.54) is 27.9 Å². The van der Waals surface area contributed by atoms with Crippen LogP contribution < -0.4 is 20.4 Å². The van der Waals surface area contributed by atoms with E-state index >= 15 is 0 Å². The molecule has 0 saturated carbocycles. The van der Waals surface area contributed by atoms with Gasteiger partial charge in [-0.05, 0) is 95.5 Å². The summed E-state index contributed by atoms with van der Waals surface area (Å²) in [4.78, 5) is 60.8. The lowest BCUT2D eigenvalue weighted by molar-refractivity contribution is -0.136. The Labute approximate surface area is 339 Å². The van der Waals surface area contributed by atoms with Gasteiger partial charge < -0.3 is 30.0 Å². The van der Waals surface area contributed by atoms with Crippen LogP contribution in [0.4, 0.5) is 16.2 Å². The molecule has 3 atom stereocenters. The number of nitrogens with one attached hydrogen (secondary N) is 2. The molecule has 5 amide bonds. The number of piperidine rings is 1. The zero-order valence-corrected chi connectivity index (χ0v) is 32.8. The molecule has 9 rings (SSSR count). The van der Waals surface area contributed by atoms with Gasteiger partial charge >= 0.3 is 6.03 Å². The Morgan fingerprint density at radius 1 is 0.724 bits per heavy atom. The van der Waals surface area contributed by atoms with Crippen LogP contribution in [0, 0.1) is 0 Å². The fraction of sp³-hybridized carbons (Fsp3) is 0.391. The maximum absolute atomic E-state index is 13.1. The number of amides is 5. The zero-order chi connectivity index (χ0) is 39.8. The number of hydrogen-bond donors (Lipinski definition) is 3. The van der Waals surface area contributed by atoms with Crippen molar-refractivity contribution in [2.75, 3.05) is 75.2 Å². The van der Waals surface area contributed by atoms with Crippen LogP contribution in [0.2, 0.25) is 0 Å². The van der Waals surface area contributed by atoms with E-state index < -0.39 is 11.9 Å². The fourth-order valence-corrected chi connectivity index (χ4v) is 9.76. The van der Waals surface area contributed by atoms with Gasteiger partial charge in [0.2, 0.25) is 11.8 Å². The van der Waals surface area contributed by atoms with Crippen molar-refractivity contribution < 1.29 is 24.3 Å². The van der Waals surface area contributed by atoms with Crippen molar-refractivity contribution in [2.24, 2.45) is 0 Å². The van der Waals surface area contributed by atoms with Gasteiger partial charge in [0, 0.05) is 101 Å². The molecule has 3 fully saturated rings. The van der Waals surface area contributed by atoms with Crippen LogP contribution >= 0.6 is 0 Å². The van der Waals surface area contributed by atoms with Gasteiger partial charge in [-0.25, -0.2) is 4.79 Å². The fourth-order valence-electron chi connectivity index (χ4n) is 9.76. The molecular formula is C46H51N7O5. The van der Waals surface area contributed by atoms with Crippen molar-refractivity contribution in [2.45, 2.75) is 50.1 Å². The van der Waals surface area contributed by atoms with Crippen LogP contribution in [0.5, 0.6) is 5.75 Å². The van der Waals surface area contributed by atoms with Crippen molar-refractivity contribution in [3.05, 3.63) is 124 Å². The average molecular weight is 782 g/mol. The van der Waals surface area contributed by atoms with Crippen LogP contribution in [0.1, 0.15) is 69.3 Å². The second kappa shape index (κ2) is 16.2. The van der Waals surface area contributed by atoms with Gasteiger partial charge in [0.25, 0.3) is 5.91 Å². The van der Waals surface area contributed by atoms with Gasteiger partial charge in [0.15, 0.2) is 0 Å². The summed E-state index contributed by atoms with van der Waals surface area (Å²) in [6.07, 6.45) is 2.58. The second-order valence-electron chi connectivity index (χ2n) is 16.3. The average Bonchev–Trinajstić information content (AvgIpc) is 3.58. The van der Waals surface area contributed by atoms with Crippen LogP contribution in [-0.4, -0.2) is 115 Å². The molecule has 3 saturated heterocycles. The number of fused-ring (bicyclic) bond motifs is 2. The van der Waals surface area contributed by atoms with Gasteiger partial charge in [-0.3, -0.25) is 24.6 Å². The van der Waals surface area contributed by atoms with Crippen molar-refractivity contribution in [1.29, 1.82) is 0 Å². The number of benzene rings is 4. The Hall–Kier alpha value is -5.88. The largest absolute Gasteiger partial charge is 0.508 e. The monoisotopic (exact) mass is 781 g/mol. The van der Waals surface area contributed by atoms with Crippen molar-refractivity contribution >= 4 is 35.1 Å². The third-order valence-electron chi connectivity index (χ3n) is 12.9. The maximum Gasteiger partial charge on any atom is 0.317 e. The number of urea groups is 1. The standard InChI is InChI=1S/C46H51N7O5/c54-37-12-15-39-33(29-37)8-13-38(31-4-2-1-3-5-31)43(39)32-6-9-35(10-7-32)50-22-20-49(21-23-50)19-18-47-46(58)52-26-24-51(25-27-52)36-11-14-40-34(28-36)30-53(45(40)57)41-16-17-42(55)48-44(41)56/h1-7,9-12,14-15,28-29,38,41,43,54H,8,13,16-27,30H2,(H,47,58)(H,48,55,56)/t38-,41?,43+/m1/s1. The number of imide groups is 1. The number of piperazine rings is 2. The Bertz CT molecular complexity index is 2180. The molecule has 5 aliphatic rings. The van der Waals surface area contributed by atoms with Crippen LogP contribution in [0.25, 0.3) is 0 Å². The molecule has 12 heteroatoms. The SMILES string of the molecule is O=C1CCC(N2Cc3cc(N4CCN(C(=O)NCCN5CCN(c6ccc([C@@H]7c8ccc(O)cc8CC[C@@H]7c7ccccc7)cc6)CC5)CC4)ccc3C2=O)C(=O)N1. The first-order valence-corrected chi connectivity index (χ1v) is 20.8. The van der Waals surface area contributed by atoms with Gasteiger partial charge in [-0.2, -0.15) is 0 Å². The first kappa shape index (κ1) is 37.7. The topological polar surface area (TPSA) is 129 Å². The summed E-state index contributed by atoms with van der Waals surface area (Å²) < 4.78 is 0. The predicted octanol–water partition coefficient (Wildman–Crippen LogP) is 4.67. The Kier molecular flexibility index (Phi) is 10.5.